The van der Waals surface area contributed by atoms with Gasteiger partial charge in [0, 0.05) is 6.07 Å². The van der Waals surface area contributed by atoms with Crippen LogP contribution in [0.1, 0.15) is 15.9 Å². The van der Waals surface area contributed by atoms with Crippen molar-refractivity contribution >= 4 is 33.5 Å². The van der Waals surface area contributed by atoms with Crippen LogP contribution in [0.2, 0.25) is 0 Å². The fraction of sp³-hybridized carbons (Fsp3) is 0.0588. The SMILES string of the molecule is COc1cc2sc(=O)oc2cc1C(=O)/C=C/c1ccccc1. The number of benzene rings is 2. The van der Waals surface area contributed by atoms with Crippen molar-refractivity contribution in [3.63, 3.8) is 0 Å². The third-order valence-corrected chi connectivity index (χ3v) is 3.93. The first-order chi connectivity index (χ1) is 10.7. The number of hydrogen-bond acceptors (Lipinski definition) is 5. The minimum Gasteiger partial charge on any atom is -0.496 e. The predicted octanol–water partition coefficient (Wildman–Crippen LogP) is 3.76. The summed E-state index contributed by atoms with van der Waals surface area (Å²) in [6.45, 7) is 0. The number of rotatable bonds is 4. The molecule has 3 rings (SSSR count). The Morgan fingerprint density at radius 1 is 1.23 bits per heavy atom. The average Bonchev–Trinajstić information content (AvgIpc) is 2.91. The van der Waals surface area contributed by atoms with Gasteiger partial charge in [0.05, 0.1) is 17.4 Å². The van der Waals surface area contributed by atoms with Crippen molar-refractivity contribution in [3.8, 4) is 5.75 Å². The van der Waals surface area contributed by atoms with Crippen LogP contribution >= 0.6 is 11.3 Å². The van der Waals surface area contributed by atoms with E-state index in [2.05, 4.69) is 0 Å². The van der Waals surface area contributed by atoms with Crippen molar-refractivity contribution in [2.24, 2.45) is 0 Å². The maximum atomic E-state index is 12.4. The summed E-state index contributed by atoms with van der Waals surface area (Å²) in [7, 11) is 1.49. The lowest BCUT2D eigenvalue weighted by Crippen LogP contribution is -1.98. The topological polar surface area (TPSA) is 56.5 Å². The zero-order valence-electron chi connectivity index (χ0n) is 11.7. The molecule has 2 aromatic carbocycles. The van der Waals surface area contributed by atoms with E-state index in [9.17, 15) is 9.59 Å². The lowest BCUT2D eigenvalue weighted by molar-refractivity contribution is 0.104. The molecule has 3 aromatic rings. The molecule has 0 aliphatic carbocycles. The molecule has 1 heterocycles. The second-order valence-corrected chi connectivity index (χ2v) is 5.54. The fourth-order valence-corrected chi connectivity index (χ4v) is 2.77. The first-order valence-corrected chi connectivity index (χ1v) is 7.38. The monoisotopic (exact) mass is 312 g/mol. The number of hydrogen-bond donors (Lipinski definition) is 0. The number of fused-ring (bicyclic) bond motifs is 1. The molecule has 5 heteroatoms. The second-order valence-electron chi connectivity index (χ2n) is 4.56. The molecule has 0 radical (unpaired) electrons. The number of carbonyl (C=O) groups is 1. The molecule has 0 N–H and O–H groups in total. The summed E-state index contributed by atoms with van der Waals surface area (Å²) in [5.74, 6) is 0.212. The van der Waals surface area contributed by atoms with E-state index in [1.165, 1.54) is 13.2 Å². The van der Waals surface area contributed by atoms with Crippen LogP contribution in [-0.2, 0) is 0 Å². The molecule has 0 atom stereocenters. The molecule has 110 valence electrons. The van der Waals surface area contributed by atoms with Crippen LogP contribution in [0.4, 0.5) is 0 Å². The Bertz CT molecular complexity index is 903. The van der Waals surface area contributed by atoms with Crippen molar-refractivity contribution < 1.29 is 13.9 Å². The van der Waals surface area contributed by atoms with Gasteiger partial charge in [-0.15, -0.1) is 0 Å². The lowest BCUT2D eigenvalue weighted by atomic mass is 10.1. The number of methoxy groups -OCH3 is 1. The highest BCUT2D eigenvalue weighted by Gasteiger charge is 2.14. The van der Waals surface area contributed by atoms with Crippen molar-refractivity contribution in [1.29, 1.82) is 0 Å². The van der Waals surface area contributed by atoms with E-state index in [4.69, 9.17) is 9.15 Å². The van der Waals surface area contributed by atoms with Gasteiger partial charge in [0.1, 0.15) is 5.75 Å². The fourth-order valence-electron chi connectivity index (χ4n) is 2.09. The van der Waals surface area contributed by atoms with Gasteiger partial charge in [0.15, 0.2) is 11.4 Å². The van der Waals surface area contributed by atoms with Gasteiger partial charge in [-0.1, -0.05) is 47.7 Å². The Hall–Kier alpha value is -2.66. The first kappa shape index (κ1) is 14.3. The lowest BCUT2D eigenvalue weighted by Gasteiger charge is -2.05. The Balaban J connectivity index is 1.99. The minimum atomic E-state index is -0.401. The van der Waals surface area contributed by atoms with E-state index in [0.717, 1.165) is 16.9 Å². The van der Waals surface area contributed by atoms with Gasteiger partial charge in [-0.05, 0) is 17.7 Å². The van der Waals surface area contributed by atoms with Crippen molar-refractivity contribution in [2.75, 3.05) is 7.11 Å². The van der Waals surface area contributed by atoms with Gasteiger partial charge < -0.3 is 9.15 Å². The molecule has 0 spiro atoms. The summed E-state index contributed by atoms with van der Waals surface area (Å²) in [5.41, 5.74) is 1.69. The Morgan fingerprint density at radius 2 is 2.00 bits per heavy atom. The van der Waals surface area contributed by atoms with E-state index in [-0.39, 0.29) is 5.78 Å². The molecular weight excluding hydrogens is 300 g/mol. The molecule has 0 bridgehead atoms. The highest BCUT2D eigenvalue weighted by molar-refractivity contribution is 7.16. The van der Waals surface area contributed by atoms with Crippen LogP contribution in [0, 0.1) is 0 Å². The summed E-state index contributed by atoms with van der Waals surface area (Å²) in [5, 5.41) is 0. The van der Waals surface area contributed by atoms with E-state index in [1.807, 2.05) is 30.3 Å². The van der Waals surface area contributed by atoms with Gasteiger partial charge >= 0.3 is 4.94 Å². The van der Waals surface area contributed by atoms with Crippen LogP contribution in [0.5, 0.6) is 5.75 Å². The summed E-state index contributed by atoms with van der Waals surface area (Å²) in [6, 6.07) is 12.7. The normalized spacial score (nSPS) is 11.1. The van der Waals surface area contributed by atoms with E-state index < -0.39 is 4.94 Å². The summed E-state index contributed by atoms with van der Waals surface area (Å²) < 4.78 is 11.0. The van der Waals surface area contributed by atoms with Crippen molar-refractivity contribution in [1.82, 2.24) is 0 Å². The summed E-state index contributed by atoms with van der Waals surface area (Å²) >= 11 is 0.981. The molecule has 0 fully saturated rings. The van der Waals surface area contributed by atoms with Gasteiger partial charge in [-0.3, -0.25) is 4.79 Å². The quantitative estimate of drug-likeness (QED) is 0.544. The molecule has 4 nitrogen and oxygen atoms in total. The minimum absolute atomic E-state index is 0.212. The Kier molecular flexibility index (Phi) is 3.89. The highest BCUT2D eigenvalue weighted by Crippen LogP contribution is 2.28. The van der Waals surface area contributed by atoms with E-state index in [0.29, 0.717) is 21.6 Å². The molecule has 22 heavy (non-hydrogen) atoms. The van der Waals surface area contributed by atoms with Gasteiger partial charge in [0.2, 0.25) is 0 Å². The molecule has 0 saturated carbocycles. The predicted molar refractivity (Wildman–Crippen MR) is 86.7 cm³/mol. The third-order valence-electron chi connectivity index (χ3n) is 3.14. The Labute approximate surface area is 130 Å². The molecule has 0 unspecified atom stereocenters. The van der Waals surface area contributed by atoms with Gasteiger partial charge in [-0.2, -0.15) is 0 Å². The highest BCUT2D eigenvalue weighted by atomic mass is 32.1. The number of ether oxygens (including phenoxy) is 1. The molecule has 1 aromatic heterocycles. The maximum absolute atomic E-state index is 12.4. The van der Waals surface area contributed by atoms with Crippen LogP contribution < -0.4 is 9.68 Å². The van der Waals surface area contributed by atoms with Gasteiger partial charge in [0.25, 0.3) is 0 Å². The number of allylic oxidation sites excluding steroid dienone is 1. The molecule has 0 aliphatic heterocycles. The molecule has 0 aliphatic rings. The standard InChI is InChI=1S/C17H12O4S/c1-20-14-10-16-15(21-17(19)22-16)9-12(14)13(18)8-7-11-5-3-2-4-6-11/h2-10H,1H3/b8-7+. The Morgan fingerprint density at radius 3 is 2.73 bits per heavy atom. The number of ketones is 1. The van der Waals surface area contributed by atoms with Crippen molar-refractivity contribution in [2.45, 2.75) is 0 Å². The second kappa shape index (κ2) is 5.99. The van der Waals surface area contributed by atoms with Crippen LogP contribution in [0.3, 0.4) is 0 Å². The van der Waals surface area contributed by atoms with Crippen LogP contribution in [0.15, 0.2) is 57.8 Å². The maximum Gasteiger partial charge on any atom is 0.396 e. The molecule has 0 amide bonds. The number of carbonyl (C=O) groups excluding carboxylic acids is 1. The third kappa shape index (κ3) is 2.84. The van der Waals surface area contributed by atoms with E-state index >= 15 is 0 Å². The average molecular weight is 312 g/mol. The zero-order chi connectivity index (χ0) is 15.5. The van der Waals surface area contributed by atoms with E-state index in [1.54, 1.807) is 18.2 Å². The first-order valence-electron chi connectivity index (χ1n) is 6.56. The van der Waals surface area contributed by atoms with Crippen molar-refractivity contribution in [3.05, 3.63) is 69.4 Å². The largest absolute Gasteiger partial charge is 0.496 e. The molecular formula is C17H12O4S. The smallest absolute Gasteiger partial charge is 0.396 e. The molecule has 0 saturated heterocycles. The van der Waals surface area contributed by atoms with Crippen LogP contribution in [0.25, 0.3) is 16.4 Å². The van der Waals surface area contributed by atoms with Crippen LogP contribution in [-0.4, -0.2) is 12.9 Å². The van der Waals surface area contributed by atoms with Gasteiger partial charge in [-0.25, -0.2) is 4.79 Å². The summed E-state index contributed by atoms with van der Waals surface area (Å²) in [6.07, 6.45) is 3.21. The summed E-state index contributed by atoms with van der Waals surface area (Å²) in [4.78, 5) is 23.3. The zero-order valence-corrected chi connectivity index (χ0v) is 12.6.